The molecule has 1 aliphatic rings. The Morgan fingerprint density at radius 2 is 2.50 bits per heavy atom. The minimum Gasteiger partial charge on any atom is -0.390 e. The first kappa shape index (κ1) is 7.80. The van der Waals surface area contributed by atoms with Crippen LogP contribution < -0.4 is 0 Å². The molecule has 66 valence electrons. The van der Waals surface area contributed by atoms with E-state index in [0.717, 1.165) is 29.9 Å². The van der Waals surface area contributed by atoms with Crippen molar-refractivity contribution in [1.82, 2.24) is 5.16 Å². The van der Waals surface area contributed by atoms with Crippen LogP contribution in [0.25, 0.3) is 0 Å². The van der Waals surface area contributed by atoms with Crippen molar-refractivity contribution in [3.63, 3.8) is 0 Å². The monoisotopic (exact) mass is 167 g/mol. The van der Waals surface area contributed by atoms with Gasteiger partial charge in [-0.1, -0.05) is 12.1 Å². The predicted molar refractivity (Wildman–Crippen MR) is 43.6 cm³/mol. The lowest BCUT2D eigenvalue weighted by Crippen LogP contribution is -2.10. The quantitative estimate of drug-likeness (QED) is 0.685. The highest BCUT2D eigenvalue weighted by atomic mass is 16.5. The number of aliphatic hydroxyl groups is 1. The van der Waals surface area contributed by atoms with E-state index in [-0.39, 0.29) is 6.61 Å². The summed E-state index contributed by atoms with van der Waals surface area (Å²) in [5.74, 6) is 1.68. The van der Waals surface area contributed by atoms with Crippen LogP contribution >= 0.6 is 0 Å². The van der Waals surface area contributed by atoms with Crippen molar-refractivity contribution in [2.75, 3.05) is 0 Å². The number of rotatable bonds is 1. The summed E-state index contributed by atoms with van der Waals surface area (Å²) in [7, 11) is 0. The summed E-state index contributed by atoms with van der Waals surface area (Å²) in [5, 5.41) is 12.8. The van der Waals surface area contributed by atoms with E-state index in [4.69, 9.17) is 9.63 Å². The molecule has 0 saturated carbocycles. The van der Waals surface area contributed by atoms with Crippen LogP contribution in [0.3, 0.4) is 0 Å². The fraction of sp³-hybridized carbons (Fsp3) is 0.667. The zero-order valence-corrected chi connectivity index (χ0v) is 7.21. The highest BCUT2D eigenvalue weighted by Crippen LogP contribution is 2.27. The number of aryl methyl sites for hydroxylation is 1. The van der Waals surface area contributed by atoms with Crippen molar-refractivity contribution in [1.29, 1.82) is 0 Å². The molecule has 0 aromatic carbocycles. The zero-order valence-electron chi connectivity index (χ0n) is 7.21. The molecule has 0 bridgehead atoms. The predicted octanol–water partition coefficient (Wildman–Crippen LogP) is 1.29. The molecular formula is C9H13NO2. The Morgan fingerprint density at radius 1 is 1.67 bits per heavy atom. The summed E-state index contributed by atoms with van der Waals surface area (Å²) < 4.78 is 5.12. The van der Waals surface area contributed by atoms with Crippen molar-refractivity contribution in [3.05, 3.63) is 17.0 Å². The molecule has 1 unspecified atom stereocenters. The standard InChI is InChI=1S/C9H13NO2/c1-6-2-3-9-7(4-6)8(5-11)10-12-9/h6,11H,2-5H2,1H3. The number of nitrogens with zero attached hydrogens (tertiary/aromatic N) is 1. The van der Waals surface area contributed by atoms with Crippen LogP contribution in [0.15, 0.2) is 4.52 Å². The summed E-state index contributed by atoms with van der Waals surface area (Å²) in [6, 6.07) is 0. The van der Waals surface area contributed by atoms with Crippen LogP contribution in [-0.4, -0.2) is 10.3 Å². The zero-order chi connectivity index (χ0) is 8.55. The molecule has 12 heavy (non-hydrogen) atoms. The minimum absolute atomic E-state index is 0.00551. The molecular weight excluding hydrogens is 154 g/mol. The van der Waals surface area contributed by atoms with Crippen LogP contribution in [0.1, 0.15) is 30.4 Å². The fourth-order valence-electron chi connectivity index (χ4n) is 1.76. The number of fused-ring (bicyclic) bond motifs is 1. The van der Waals surface area contributed by atoms with Gasteiger partial charge in [-0.2, -0.15) is 0 Å². The molecule has 0 amide bonds. The highest BCUT2D eigenvalue weighted by molar-refractivity contribution is 5.25. The molecule has 1 N–H and O–H groups in total. The number of hydrogen-bond acceptors (Lipinski definition) is 3. The summed E-state index contributed by atoms with van der Waals surface area (Å²) in [6.45, 7) is 2.22. The average Bonchev–Trinajstić information content (AvgIpc) is 2.46. The van der Waals surface area contributed by atoms with Crippen LogP contribution in [0.5, 0.6) is 0 Å². The van der Waals surface area contributed by atoms with Gasteiger partial charge in [-0.05, 0) is 18.8 Å². The van der Waals surface area contributed by atoms with E-state index >= 15 is 0 Å². The third kappa shape index (κ3) is 1.14. The summed E-state index contributed by atoms with van der Waals surface area (Å²) in [6.07, 6.45) is 3.16. The van der Waals surface area contributed by atoms with E-state index in [0.29, 0.717) is 5.92 Å². The van der Waals surface area contributed by atoms with E-state index in [2.05, 4.69) is 12.1 Å². The number of aromatic nitrogens is 1. The molecule has 3 nitrogen and oxygen atoms in total. The topological polar surface area (TPSA) is 46.3 Å². The van der Waals surface area contributed by atoms with E-state index in [9.17, 15) is 0 Å². The van der Waals surface area contributed by atoms with Gasteiger partial charge in [0.1, 0.15) is 11.5 Å². The van der Waals surface area contributed by atoms with Gasteiger partial charge in [-0.3, -0.25) is 0 Å². The van der Waals surface area contributed by atoms with E-state index in [1.165, 1.54) is 6.42 Å². The third-order valence-electron chi connectivity index (χ3n) is 2.52. The molecule has 3 heteroatoms. The van der Waals surface area contributed by atoms with Crippen LogP contribution in [0.4, 0.5) is 0 Å². The summed E-state index contributed by atoms with van der Waals surface area (Å²) in [5.41, 5.74) is 1.88. The lowest BCUT2D eigenvalue weighted by atomic mass is 9.88. The smallest absolute Gasteiger partial charge is 0.140 e. The maximum absolute atomic E-state index is 8.95. The second-order valence-electron chi connectivity index (χ2n) is 3.54. The second-order valence-corrected chi connectivity index (χ2v) is 3.54. The average molecular weight is 167 g/mol. The number of hydrogen-bond donors (Lipinski definition) is 1. The van der Waals surface area contributed by atoms with Gasteiger partial charge in [0.05, 0.1) is 6.61 Å². The van der Waals surface area contributed by atoms with Crippen LogP contribution in [0, 0.1) is 5.92 Å². The Kier molecular flexibility index (Phi) is 1.89. The van der Waals surface area contributed by atoms with Crippen molar-refractivity contribution in [2.24, 2.45) is 5.92 Å². The van der Waals surface area contributed by atoms with E-state index in [1.807, 2.05) is 0 Å². The molecule has 2 rings (SSSR count). The molecule has 1 aliphatic carbocycles. The molecule has 1 aromatic heterocycles. The van der Waals surface area contributed by atoms with E-state index < -0.39 is 0 Å². The Hall–Kier alpha value is -0.830. The molecule has 1 aromatic rings. The van der Waals surface area contributed by atoms with Gasteiger partial charge in [0, 0.05) is 12.0 Å². The lowest BCUT2D eigenvalue weighted by Gasteiger charge is -2.16. The van der Waals surface area contributed by atoms with Gasteiger partial charge in [0.25, 0.3) is 0 Å². The van der Waals surface area contributed by atoms with Gasteiger partial charge in [-0.15, -0.1) is 0 Å². The Bertz CT molecular complexity index is 267. The fourth-order valence-corrected chi connectivity index (χ4v) is 1.76. The normalized spacial score (nSPS) is 22.3. The van der Waals surface area contributed by atoms with Gasteiger partial charge >= 0.3 is 0 Å². The maximum Gasteiger partial charge on any atom is 0.140 e. The van der Waals surface area contributed by atoms with Crippen LogP contribution in [-0.2, 0) is 19.4 Å². The van der Waals surface area contributed by atoms with E-state index in [1.54, 1.807) is 0 Å². The molecule has 0 aliphatic heterocycles. The Morgan fingerprint density at radius 3 is 3.25 bits per heavy atom. The number of aliphatic hydroxyl groups excluding tert-OH is 1. The SMILES string of the molecule is CC1CCc2onc(CO)c2C1. The summed E-state index contributed by atoms with van der Waals surface area (Å²) >= 11 is 0. The summed E-state index contributed by atoms with van der Waals surface area (Å²) in [4.78, 5) is 0. The Labute approximate surface area is 71.4 Å². The minimum atomic E-state index is 0.00551. The van der Waals surface area contributed by atoms with Crippen LogP contribution in [0.2, 0.25) is 0 Å². The third-order valence-corrected chi connectivity index (χ3v) is 2.52. The molecule has 0 spiro atoms. The first-order chi connectivity index (χ1) is 5.81. The molecule has 0 saturated heterocycles. The molecule has 1 heterocycles. The lowest BCUT2D eigenvalue weighted by molar-refractivity contribution is 0.265. The largest absolute Gasteiger partial charge is 0.390 e. The first-order valence-electron chi connectivity index (χ1n) is 4.38. The van der Waals surface area contributed by atoms with Crippen molar-refractivity contribution >= 4 is 0 Å². The molecule has 1 atom stereocenters. The van der Waals surface area contributed by atoms with Crippen molar-refractivity contribution in [2.45, 2.75) is 32.8 Å². The van der Waals surface area contributed by atoms with Gasteiger partial charge in [0.2, 0.25) is 0 Å². The van der Waals surface area contributed by atoms with Gasteiger partial charge in [0.15, 0.2) is 0 Å². The molecule has 0 radical (unpaired) electrons. The van der Waals surface area contributed by atoms with Gasteiger partial charge < -0.3 is 9.63 Å². The second kappa shape index (κ2) is 2.90. The molecule has 0 fully saturated rings. The Balaban J connectivity index is 2.34. The first-order valence-corrected chi connectivity index (χ1v) is 4.38. The highest BCUT2D eigenvalue weighted by Gasteiger charge is 2.22. The maximum atomic E-state index is 8.95. The van der Waals surface area contributed by atoms with Crippen molar-refractivity contribution < 1.29 is 9.63 Å². The van der Waals surface area contributed by atoms with Crippen molar-refractivity contribution in [3.8, 4) is 0 Å². The van der Waals surface area contributed by atoms with Gasteiger partial charge in [-0.25, -0.2) is 0 Å².